The first-order chi connectivity index (χ1) is 10.2. The van der Waals surface area contributed by atoms with Crippen molar-refractivity contribution in [1.82, 2.24) is 10.2 Å². The summed E-state index contributed by atoms with van der Waals surface area (Å²) in [7, 11) is 1.76. The number of hydrogen-bond acceptors (Lipinski definition) is 4. The zero-order valence-electron chi connectivity index (χ0n) is 13.6. The van der Waals surface area contributed by atoms with Crippen LogP contribution in [0.5, 0.6) is 0 Å². The molecular formula is C17H29N3O. The molecule has 0 spiro atoms. The van der Waals surface area contributed by atoms with Crippen LogP contribution in [0.15, 0.2) is 30.3 Å². The van der Waals surface area contributed by atoms with Crippen LogP contribution in [-0.4, -0.2) is 63.4 Å². The number of anilines is 1. The average molecular weight is 291 g/mol. The van der Waals surface area contributed by atoms with Crippen LogP contribution in [0.3, 0.4) is 0 Å². The van der Waals surface area contributed by atoms with Crippen LogP contribution in [0.4, 0.5) is 5.69 Å². The third-order valence-corrected chi connectivity index (χ3v) is 4.01. The van der Waals surface area contributed by atoms with Crippen LogP contribution < -0.4 is 10.2 Å². The molecule has 1 aliphatic rings. The minimum absolute atomic E-state index is 0.413. The zero-order valence-corrected chi connectivity index (χ0v) is 13.6. The Morgan fingerprint density at radius 2 is 1.71 bits per heavy atom. The van der Waals surface area contributed by atoms with Gasteiger partial charge in [-0.15, -0.1) is 0 Å². The van der Waals surface area contributed by atoms with E-state index in [1.54, 1.807) is 7.11 Å². The highest BCUT2D eigenvalue weighted by Gasteiger charge is 2.19. The molecule has 1 aliphatic heterocycles. The molecule has 0 saturated carbocycles. The topological polar surface area (TPSA) is 27.7 Å². The highest BCUT2D eigenvalue weighted by Crippen LogP contribution is 2.15. The summed E-state index contributed by atoms with van der Waals surface area (Å²) in [5, 5.41) is 3.59. The molecule has 0 aliphatic carbocycles. The minimum atomic E-state index is 0.413. The second-order valence-corrected chi connectivity index (χ2v) is 6.05. The van der Waals surface area contributed by atoms with Gasteiger partial charge in [0.05, 0.1) is 6.61 Å². The summed E-state index contributed by atoms with van der Waals surface area (Å²) in [6.07, 6.45) is 0. The zero-order chi connectivity index (χ0) is 15.1. The van der Waals surface area contributed by atoms with Gasteiger partial charge >= 0.3 is 0 Å². The number of methoxy groups -OCH3 is 1. The van der Waals surface area contributed by atoms with Crippen LogP contribution in [0.2, 0.25) is 0 Å². The Labute approximate surface area is 129 Å². The highest BCUT2D eigenvalue weighted by molar-refractivity contribution is 5.46. The molecule has 1 aromatic rings. The maximum absolute atomic E-state index is 5.17. The monoisotopic (exact) mass is 291 g/mol. The smallest absolute Gasteiger partial charge is 0.0613 e. The first kappa shape index (κ1) is 16.3. The molecule has 1 fully saturated rings. The molecule has 0 aromatic heterocycles. The molecule has 0 radical (unpaired) electrons. The first-order valence-corrected chi connectivity index (χ1v) is 7.96. The molecule has 1 N–H and O–H groups in total. The van der Waals surface area contributed by atoms with Gasteiger partial charge < -0.3 is 15.0 Å². The van der Waals surface area contributed by atoms with Gasteiger partial charge in [-0.05, 0) is 26.0 Å². The fourth-order valence-corrected chi connectivity index (χ4v) is 3.05. The minimum Gasteiger partial charge on any atom is -0.383 e. The Morgan fingerprint density at radius 3 is 2.33 bits per heavy atom. The van der Waals surface area contributed by atoms with E-state index in [-0.39, 0.29) is 0 Å². The average Bonchev–Trinajstić information content (AvgIpc) is 2.49. The SMILES string of the molecule is COC[C@@H](C)N[C@H](C)CN1CCN(c2ccccc2)CC1. The lowest BCUT2D eigenvalue weighted by Gasteiger charge is -2.37. The van der Waals surface area contributed by atoms with Gasteiger partial charge in [0.15, 0.2) is 0 Å². The standard InChI is InChI=1S/C17H29N3O/c1-15(18-16(2)14-21-3)13-19-9-11-20(12-10-19)17-7-5-4-6-8-17/h4-8,15-16,18H,9-14H2,1-3H3/t15-,16-/m1/s1. The Bertz CT molecular complexity index is 390. The van der Waals surface area contributed by atoms with Crippen molar-refractivity contribution >= 4 is 5.69 Å². The van der Waals surface area contributed by atoms with E-state index in [4.69, 9.17) is 4.74 Å². The third kappa shape index (κ3) is 5.30. The molecule has 118 valence electrons. The van der Waals surface area contributed by atoms with Crippen LogP contribution in [0.1, 0.15) is 13.8 Å². The predicted octanol–water partition coefficient (Wildman–Crippen LogP) is 1.82. The fraction of sp³-hybridized carbons (Fsp3) is 0.647. The molecule has 2 rings (SSSR count). The summed E-state index contributed by atoms with van der Waals surface area (Å²) in [4.78, 5) is 5.03. The molecular weight excluding hydrogens is 262 g/mol. The molecule has 0 unspecified atom stereocenters. The van der Waals surface area contributed by atoms with Crippen LogP contribution >= 0.6 is 0 Å². The molecule has 0 bridgehead atoms. The maximum atomic E-state index is 5.17. The van der Waals surface area contributed by atoms with Gasteiger partial charge in [-0.3, -0.25) is 4.90 Å². The van der Waals surface area contributed by atoms with Gasteiger partial charge in [0.25, 0.3) is 0 Å². The van der Waals surface area contributed by atoms with Crippen LogP contribution in [0, 0.1) is 0 Å². The van der Waals surface area contributed by atoms with Crippen molar-refractivity contribution < 1.29 is 4.74 Å². The van der Waals surface area contributed by atoms with Crippen molar-refractivity contribution in [3.8, 4) is 0 Å². The highest BCUT2D eigenvalue weighted by atomic mass is 16.5. The Hall–Kier alpha value is -1.10. The van der Waals surface area contributed by atoms with Gasteiger partial charge in [-0.1, -0.05) is 18.2 Å². The number of nitrogens with one attached hydrogen (secondary N) is 1. The van der Waals surface area contributed by atoms with Crippen molar-refractivity contribution in [3.63, 3.8) is 0 Å². The summed E-state index contributed by atoms with van der Waals surface area (Å²) >= 11 is 0. The molecule has 1 heterocycles. The number of benzene rings is 1. The number of nitrogens with zero attached hydrogens (tertiary/aromatic N) is 2. The summed E-state index contributed by atoms with van der Waals surface area (Å²) < 4.78 is 5.17. The lowest BCUT2D eigenvalue weighted by molar-refractivity contribution is 0.159. The summed E-state index contributed by atoms with van der Waals surface area (Å²) in [6.45, 7) is 10.8. The van der Waals surface area contributed by atoms with E-state index >= 15 is 0 Å². The van der Waals surface area contributed by atoms with Crippen LogP contribution in [-0.2, 0) is 4.74 Å². The van der Waals surface area contributed by atoms with E-state index in [2.05, 4.69) is 59.3 Å². The largest absolute Gasteiger partial charge is 0.383 e. The Kier molecular flexibility index (Phi) is 6.49. The summed E-state index contributed by atoms with van der Waals surface area (Å²) in [5.41, 5.74) is 1.34. The van der Waals surface area contributed by atoms with Gasteiger partial charge in [-0.25, -0.2) is 0 Å². The molecule has 4 heteroatoms. The van der Waals surface area contributed by atoms with Crippen LogP contribution in [0.25, 0.3) is 0 Å². The molecule has 4 nitrogen and oxygen atoms in total. The quantitative estimate of drug-likeness (QED) is 0.829. The van der Waals surface area contributed by atoms with E-state index in [0.29, 0.717) is 12.1 Å². The predicted molar refractivity (Wildman–Crippen MR) is 89.0 cm³/mol. The van der Waals surface area contributed by atoms with E-state index in [0.717, 1.165) is 39.3 Å². The summed E-state index contributed by atoms with van der Waals surface area (Å²) in [5.74, 6) is 0. The van der Waals surface area contributed by atoms with Crippen molar-refractivity contribution in [3.05, 3.63) is 30.3 Å². The molecule has 2 atom stereocenters. The molecule has 1 saturated heterocycles. The van der Waals surface area contributed by atoms with Gasteiger partial charge in [0.1, 0.15) is 0 Å². The summed E-state index contributed by atoms with van der Waals surface area (Å²) in [6, 6.07) is 11.6. The Balaban J connectivity index is 1.71. The number of para-hydroxylation sites is 1. The molecule has 1 aromatic carbocycles. The lowest BCUT2D eigenvalue weighted by Crippen LogP contribution is -2.51. The van der Waals surface area contributed by atoms with E-state index < -0.39 is 0 Å². The first-order valence-electron chi connectivity index (χ1n) is 7.96. The lowest BCUT2D eigenvalue weighted by atomic mass is 10.2. The van der Waals surface area contributed by atoms with Crippen molar-refractivity contribution in [2.45, 2.75) is 25.9 Å². The number of rotatable bonds is 7. The van der Waals surface area contributed by atoms with Crippen molar-refractivity contribution in [2.75, 3.05) is 51.3 Å². The fourth-order valence-electron chi connectivity index (χ4n) is 3.05. The van der Waals surface area contributed by atoms with Gasteiger partial charge in [0, 0.05) is 57.6 Å². The number of hydrogen-bond donors (Lipinski definition) is 1. The van der Waals surface area contributed by atoms with E-state index in [1.165, 1.54) is 5.69 Å². The second kappa shape index (κ2) is 8.37. The molecule has 21 heavy (non-hydrogen) atoms. The Morgan fingerprint density at radius 1 is 1.05 bits per heavy atom. The van der Waals surface area contributed by atoms with Gasteiger partial charge in [-0.2, -0.15) is 0 Å². The normalized spacial score (nSPS) is 19.5. The number of ether oxygens (including phenoxy) is 1. The van der Waals surface area contributed by atoms with Gasteiger partial charge in [0.2, 0.25) is 0 Å². The number of piperazine rings is 1. The van der Waals surface area contributed by atoms with E-state index in [1.807, 2.05) is 0 Å². The van der Waals surface area contributed by atoms with Crippen molar-refractivity contribution in [1.29, 1.82) is 0 Å². The third-order valence-electron chi connectivity index (χ3n) is 4.01. The second-order valence-electron chi connectivity index (χ2n) is 6.05. The molecule has 0 amide bonds. The van der Waals surface area contributed by atoms with Crippen molar-refractivity contribution in [2.24, 2.45) is 0 Å². The van der Waals surface area contributed by atoms with E-state index in [9.17, 15) is 0 Å². The maximum Gasteiger partial charge on any atom is 0.0613 e.